The Bertz CT molecular complexity index is 1170. The summed E-state index contributed by atoms with van der Waals surface area (Å²) < 4.78 is 1.63. The Morgan fingerprint density at radius 1 is 1.00 bits per heavy atom. The average molecular weight is 435 g/mol. The van der Waals surface area contributed by atoms with E-state index in [-0.39, 0.29) is 5.91 Å². The molecule has 0 unspecified atom stereocenters. The highest BCUT2D eigenvalue weighted by molar-refractivity contribution is 7.99. The summed E-state index contributed by atoms with van der Waals surface area (Å²) in [5, 5.41) is 8.86. The van der Waals surface area contributed by atoms with Crippen LogP contribution in [0.25, 0.3) is 5.69 Å². The molecule has 0 saturated heterocycles. The van der Waals surface area contributed by atoms with Crippen LogP contribution in [-0.2, 0) is 0 Å². The number of anilines is 2. The predicted molar refractivity (Wildman–Crippen MR) is 123 cm³/mol. The van der Waals surface area contributed by atoms with Gasteiger partial charge in [0.25, 0.3) is 5.91 Å². The lowest BCUT2D eigenvalue weighted by molar-refractivity contribution is 0.102. The summed E-state index contributed by atoms with van der Waals surface area (Å²) in [4.78, 5) is 13.8. The smallest absolute Gasteiger partial charge is 0.255 e. The third-order valence-corrected chi connectivity index (χ3v) is 5.71. The molecule has 3 N–H and O–H groups in total. The van der Waals surface area contributed by atoms with Crippen molar-refractivity contribution >= 4 is 40.8 Å². The normalized spacial score (nSPS) is 10.7. The molecule has 5 nitrogen and oxygen atoms in total. The summed E-state index contributed by atoms with van der Waals surface area (Å²) in [5.41, 5.74) is 9.34. The molecule has 7 heteroatoms. The number of nitrogens with one attached hydrogen (secondary N) is 1. The number of hydrogen-bond acceptors (Lipinski definition) is 4. The quantitative estimate of drug-likeness (QED) is 0.415. The number of nitrogens with two attached hydrogens (primary N) is 1. The van der Waals surface area contributed by atoms with E-state index in [0.717, 1.165) is 16.1 Å². The highest BCUT2D eigenvalue weighted by Gasteiger charge is 2.20. The van der Waals surface area contributed by atoms with Gasteiger partial charge in [-0.2, -0.15) is 5.10 Å². The Morgan fingerprint density at radius 3 is 2.33 bits per heavy atom. The highest BCUT2D eigenvalue weighted by atomic mass is 35.5. The molecule has 0 atom stereocenters. The minimum atomic E-state index is -0.243. The van der Waals surface area contributed by atoms with Gasteiger partial charge in [-0.1, -0.05) is 59.3 Å². The van der Waals surface area contributed by atoms with E-state index in [4.69, 9.17) is 17.3 Å². The minimum Gasteiger partial charge on any atom is -0.382 e. The summed E-state index contributed by atoms with van der Waals surface area (Å²) in [7, 11) is 0. The molecule has 4 aromatic rings. The molecule has 1 heterocycles. The molecule has 1 amide bonds. The van der Waals surface area contributed by atoms with Crippen LogP contribution in [0.15, 0.2) is 88.8 Å². The fraction of sp³-hybridized carbons (Fsp3) is 0.0435. The largest absolute Gasteiger partial charge is 0.382 e. The summed E-state index contributed by atoms with van der Waals surface area (Å²) in [5.74, 6) is 0.116. The van der Waals surface area contributed by atoms with Crippen LogP contribution < -0.4 is 11.1 Å². The van der Waals surface area contributed by atoms with Crippen molar-refractivity contribution in [2.24, 2.45) is 0 Å². The number of carbonyl (C=O) groups is 1. The van der Waals surface area contributed by atoms with E-state index < -0.39 is 0 Å². The third-order valence-electron chi connectivity index (χ3n) is 4.47. The van der Waals surface area contributed by atoms with Gasteiger partial charge < -0.3 is 11.1 Å². The maximum Gasteiger partial charge on any atom is 0.255 e. The first-order chi connectivity index (χ1) is 14.5. The Labute approximate surface area is 183 Å². The van der Waals surface area contributed by atoms with E-state index in [0.29, 0.717) is 27.1 Å². The van der Waals surface area contributed by atoms with Gasteiger partial charge in [0.15, 0.2) is 5.82 Å². The third kappa shape index (κ3) is 4.35. The predicted octanol–water partition coefficient (Wildman–Crippen LogP) is 5.82. The van der Waals surface area contributed by atoms with Gasteiger partial charge in [-0.05, 0) is 55.5 Å². The molecule has 4 rings (SSSR count). The van der Waals surface area contributed by atoms with E-state index in [1.54, 1.807) is 16.8 Å². The number of benzene rings is 3. The van der Waals surface area contributed by atoms with E-state index in [2.05, 4.69) is 10.4 Å². The second-order valence-corrected chi connectivity index (χ2v) is 8.19. The van der Waals surface area contributed by atoms with Gasteiger partial charge in [0.05, 0.1) is 5.69 Å². The second-order valence-electron chi connectivity index (χ2n) is 6.69. The number of aryl methyl sites for hydroxylation is 1. The van der Waals surface area contributed by atoms with Crippen LogP contribution >= 0.6 is 23.4 Å². The number of para-hydroxylation sites is 1. The first-order valence-electron chi connectivity index (χ1n) is 9.26. The molecule has 0 saturated carbocycles. The van der Waals surface area contributed by atoms with Crippen molar-refractivity contribution < 1.29 is 4.79 Å². The molecule has 0 fully saturated rings. The minimum absolute atomic E-state index is 0.243. The SMILES string of the molecule is Cc1ccc(C(=O)Nc2c(Sc3ccc(Cl)cc3)nn(-c3ccccc3)c2N)cc1. The number of nitrogen functional groups attached to an aromatic ring is 1. The zero-order valence-corrected chi connectivity index (χ0v) is 17.7. The second kappa shape index (κ2) is 8.65. The molecule has 3 aromatic carbocycles. The van der Waals surface area contributed by atoms with E-state index in [9.17, 15) is 4.79 Å². The number of aromatic nitrogens is 2. The van der Waals surface area contributed by atoms with E-state index >= 15 is 0 Å². The van der Waals surface area contributed by atoms with Crippen LogP contribution in [-0.4, -0.2) is 15.7 Å². The highest BCUT2D eigenvalue weighted by Crippen LogP contribution is 2.38. The summed E-state index contributed by atoms with van der Waals surface area (Å²) in [6.07, 6.45) is 0. The zero-order valence-electron chi connectivity index (χ0n) is 16.2. The molecule has 150 valence electrons. The maximum atomic E-state index is 12.8. The Balaban J connectivity index is 1.72. The first-order valence-corrected chi connectivity index (χ1v) is 10.5. The van der Waals surface area contributed by atoms with Gasteiger partial charge in [-0.3, -0.25) is 4.79 Å². The lowest BCUT2D eigenvalue weighted by Gasteiger charge is -2.08. The van der Waals surface area contributed by atoms with E-state index in [1.165, 1.54) is 11.8 Å². The molecule has 0 radical (unpaired) electrons. The van der Waals surface area contributed by atoms with Crippen molar-refractivity contribution in [2.75, 3.05) is 11.1 Å². The van der Waals surface area contributed by atoms with Gasteiger partial charge >= 0.3 is 0 Å². The van der Waals surface area contributed by atoms with Crippen LogP contribution in [0.5, 0.6) is 0 Å². The van der Waals surface area contributed by atoms with Crippen LogP contribution in [0.3, 0.4) is 0 Å². The van der Waals surface area contributed by atoms with Crippen molar-refractivity contribution in [3.05, 3.63) is 95.0 Å². The van der Waals surface area contributed by atoms with Gasteiger partial charge in [-0.15, -0.1) is 0 Å². The van der Waals surface area contributed by atoms with Crippen molar-refractivity contribution in [1.29, 1.82) is 0 Å². The van der Waals surface area contributed by atoms with Crippen LogP contribution in [0.4, 0.5) is 11.5 Å². The molecular formula is C23H19ClN4OS. The zero-order chi connectivity index (χ0) is 21.1. The van der Waals surface area contributed by atoms with Gasteiger partial charge in [0.2, 0.25) is 0 Å². The molecule has 0 aliphatic heterocycles. The lowest BCUT2D eigenvalue weighted by atomic mass is 10.1. The molecule has 0 aliphatic carbocycles. The molecular weight excluding hydrogens is 416 g/mol. The van der Waals surface area contributed by atoms with Crippen molar-refractivity contribution in [3.63, 3.8) is 0 Å². The van der Waals surface area contributed by atoms with Crippen molar-refractivity contribution in [3.8, 4) is 5.69 Å². The van der Waals surface area contributed by atoms with Crippen LogP contribution in [0.1, 0.15) is 15.9 Å². The number of hydrogen-bond donors (Lipinski definition) is 2. The molecule has 0 bridgehead atoms. The molecule has 0 spiro atoms. The number of amides is 1. The topological polar surface area (TPSA) is 72.9 Å². The maximum absolute atomic E-state index is 12.8. The number of carbonyl (C=O) groups excluding carboxylic acids is 1. The Hall–Kier alpha value is -3.22. The lowest BCUT2D eigenvalue weighted by Crippen LogP contribution is -2.13. The standard InChI is InChI=1S/C23H19ClN4OS/c1-15-7-9-16(10-8-15)22(29)26-20-21(25)28(18-5-3-2-4-6-18)27-23(20)30-19-13-11-17(24)12-14-19/h2-14H,25H2,1H3,(H,26,29). The van der Waals surface area contributed by atoms with Crippen LogP contribution in [0, 0.1) is 6.92 Å². The first kappa shape index (κ1) is 20.1. The van der Waals surface area contributed by atoms with Crippen molar-refractivity contribution in [2.45, 2.75) is 16.8 Å². The summed E-state index contributed by atoms with van der Waals surface area (Å²) in [6.45, 7) is 1.98. The monoisotopic (exact) mass is 434 g/mol. The average Bonchev–Trinajstić information content (AvgIpc) is 3.06. The number of nitrogens with zero attached hydrogens (tertiary/aromatic N) is 2. The van der Waals surface area contributed by atoms with Gasteiger partial charge in [0, 0.05) is 15.5 Å². The summed E-state index contributed by atoms with van der Waals surface area (Å²) >= 11 is 7.40. The van der Waals surface area contributed by atoms with Gasteiger partial charge in [0.1, 0.15) is 10.7 Å². The molecule has 0 aliphatic rings. The van der Waals surface area contributed by atoms with Gasteiger partial charge in [-0.25, -0.2) is 4.68 Å². The van der Waals surface area contributed by atoms with Crippen LogP contribution in [0.2, 0.25) is 5.02 Å². The Morgan fingerprint density at radius 2 is 1.67 bits per heavy atom. The number of rotatable bonds is 5. The molecule has 1 aromatic heterocycles. The molecule has 30 heavy (non-hydrogen) atoms. The van der Waals surface area contributed by atoms with Crippen molar-refractivity contribution in [1.82, 2.24) is 9.78 Å². The van der Waals surface area contributed by atoms with E-state index in [1.807, 2.05) is 73.7 Å². The summed E-state index contributed by atoms with van der Waals surface area (Å²) in [6, 6.07) is 24.3. The fourth-order valence-electron chi connectivity index (χ4n) is 2.87. The Kier molecular flexibility index (Phi) is 5.79. The fourth-order valence-corrected chi connectivity index (χ4v) is 3.87. The number of halogens is 1.